The molecule has 3 aromatic rings. The second-order valence-corrected chi connectivity index (χ2v) is 6.95. The lowest BCUT2D eigenvalue weighted by atomic mass is 10.1. The predicted octanol–water partition coefficient (Wildman–Crippen LogP) is 4.00. The summed E-state index contributed by atoms with van der Waals surface area (Å²) in [5.74, 6) is -0.887. The van der Waals surface area contributed by atoms with E-state index < -0.39 is 23.8 Å². The molecule has 2 aromatic carbocycles. The normalized spacial score (nSPS) is 11.7. The highest BCUT2D eigenvalue weighted by molar-refractivity contribution is 5.95. The van der Waals surface area contributed by atoms with Gasteiger partial charge in [0.2, 0.25) is 11.8 Å². The molecular formula is C22H22FN3O4. The largest absolute Gasteiger partial charge is 0.453 e. The molecule has 1 unspecified atom stereocenters. The average molecular weight is 411 g/mol. The van der Waals surface area contributed by atoms with Crippen LogP contribution in [0, 0.1) is 19.7 Å². The fourth-order valence-corrected chi connectivity index (χ4v) is 2.60. The number of benzene rings is 2. The minimum absolute atomic E-state index is 0.0215. The molecule has 30 heavy (non-hydrogen) atoms. The quantitative estimate of drug-likeness (QED) is 0.591. The molecule has 1 heterocycles. The van der Waals surface area contributed by atoms with E-state index in [-0.39, 0.29) is 12.8 Å². The van der Waals surface area contributed by atoms with E-state index in [2.05, 4.69) is 15.5 Å². The number of carbonyl (C=O) groups is 2. The zero-order valence-corrected chi connectivity index (χ0v) is 16.9. The van der Waals surface area contributed by atoms with Gasteiger partial charge in [-0.15, -0.1) is 10.2 Å². The molecule has 0 spiro atoms. The lowest BCUT2D eigenvalue weighted by molar-refractivity contribution is -0.153. The van der Waals surface area contributed by atoms with Crippen molar-refractivity contribution in [2.24, 2.45) is 0 Å². The third-order valence-electron chi connectivity index (χ3n) is 4.43. The standard InChI is InChI=1S/C22H22FN3O4/c1-13-4-7-16(8-5-13)22-26-25-19(30-22)10-11-20(27)29-15(3)21(28)24-17-9-6-14(2)18(23)12-17/h4-9,12,15H,10-11H2,1-3H3,(H,24,28). The van der Waals surface area contributed by atoms with E-state index in [1.165, 1.54) is 13.0 Å². The first-order valence-electron chi connectivity index (χ1n) is 9.48. The van der Waals surface area contributed by atoms with Crippen molar-refractivity contribution < 1.29 is 23.1 Å². The summed E-state index contributed by atoms with van der Waals surface area (Å²) in [6.45, 7) is 5.05. The molecule has 0 aliphatic heterocycles. The molecule has 0 fully saturated rings. The monoisotopic (exact) mass is 411 g/mol. The van der Waals surface area contributed by atoms with Crippen LogP contribution in [0.5, 0.6) is 0 Å². The van der Waals surface area contributed by atoms with Gasteiger partial charge in [-0.3, -0.25) is 9.59 Å². The first-order valence-corrected chi connectivity index (χ1v) is 9.48. The molecule has 0 radical (unpaired) electrons. The first-order chi connectivity index (χ1) is 14.3. The Morgan fingerprint density at radius 2 is 1.87 bits per heavy atom. The highest BCUT2D eigenvalue weighted by Crippen LogP contribution is 2.19. The molecule has 156 valence electrons. The number of carbonyl (C=O) groups excluding carboxylic acids is 2. The second kappa shape index (κ2) is 9.30. The Morgan fingerprint density at radius 3 is 2.57 bits per heavy atom. The lowest BCUT2D eigenvalue weighted by Gasteiger charge is -2.13. The van der Waals surface area contributed by atoms with Crippen LogP contribution in [0.3, 0.4) is 0 Å². The van der Waals surface area contributed by atoms with E-state index in [1.54, 1.807) is 19.1 Å². The maximum absolute atomic E-state index is 13.6. The molecule has 7 nitrogen and oxygen atoms in total. The first kappa shape index (κ1) is 21.2. The highest BCUT2D eigenvalue weighted by atomic mass is 19.1. The van der Waals surface area contributed by atoms with Gasteiger partial charge < -0.3 is 14.5 Å². The molecule has 8 heteroatoms. The molecule has 0 aliphatic carbocycles. The molecule has 0 bridgehead atoms. The van der Waals surface area contributed by atoms with Crippen molar-refractivity contribution in [2.75, 3.05) is 5.32 Å². The number of aromatic nitrogens is 2. The number of esters is 1. The summed E-state index contributed by atoms with van der Waals surface area (Å²) in [6, 6.07) is 12.0. The van der Waals surface area contributed by atoms with Crippen LogP contribution in [0.25, 0.3) is 11.5 Å². The fraction of sp³-hybridized carbons (Fsp3) is 0.273. The average Bonchev–Trinajstić information content (AvgIpc) is 3.19. The number of hydrogen-bond acceptors (Lipinski definition) is 6. The van der Waals surface area contributed by atoms with Crippen LogP contribution >= 0.6 is 0 Å². The van der Waals surface area contributed by atoms with Crippen LogP contribution < -0.4 is 5.32 Å². The molecule has 1 amide bonds. The number of ether oxygens (including phenoxy) is 1. The molecule has 3 rings (SSSR count). The lowest BCUT2D eigenvalue weighted by Crippen LogP contribution is -2.30. The van der Waals surface area contributed by atoms with E-state index in [1.807, 2.05) is 31.2 Å². The van der Waals surface area contributed by atoms with Gasteiger partial charge in [0.25, 0.3) is 5.91 Å². The van der Waals surface area contributed by atoms with Crippen molar-refractivity contribution in [1.82, 2.24) is 10.2 Å². The summed E-state index contributed by atoms with van der Waals surface area (Å²) >= 11 is 0. The molecule has 1 N–H and O–H groups in total. The number of halogens is 1. The van der Waals surface area contributed by atoms with E-state index in [9.17, 15) is 14.0 Å². The Balaban J connectivity index is 1.48. The van der Waals surface area contributed by atoms with Crippen LogP contribution in [0.4, 0.5) is 10.1 Å². The van der Waals surface area contributed by atoms with Crippen LogP contribution in [-0.2, 0) is 20.7 Å². The van der Waals surface area contributed by atoms with Crippen molar-refractivity contribution in [3.8, 4) is 11.5 Å². The molecule has 1 aromatic heterocycles. The Labute approximate surface area is 173 Å². The number of nitrogens with one attached hydrogen (secondary N) is 1. The Kier molecular flexibility index (Phi) is 6.56. The van der Waals surface area contributed by atoms with Crippen LogP contribution in [0.2, 0.25) is 0 Å². The van der Waals surface area contributed by atoms with Gasteiger partial charge in [0.15, 0.2) is 6.10 Å². The summed E-state index contributed by atoms with van der Waals surface area (Å²) in [6.07, 6.45) is -0.866. The van der Waals surface area contributed by atoms with Crippen molar-refractivity contribution in [1.29, 1.82) is 0 Å². The second-order valence-electron chi connectivity index (χ2n) is 6.95. The summed E-state index contributed by atoms with van der Waals surface area (Å²) in [5.41, 5.74) is 2.67. The number of aryl methyl sites for hydroxylation is 3. The van der Waals surface area contributed by atoms with Crippen LogP contribution in [0.1, 0.15) is 30.4 Å². The molecular weight excluding hydrogens is 389 g/mol. The number of anilines is 1. The van der Waals surface area contributed by atoms with Gasteiger partial charge in [0.1, 0.15) is 5.82 Å². The molecule has 0 saturated carbocycles. The smallest absolute Gasteiger partial charge is 0.307 e. The van der Waals surface area contributed by atoms with E-state index in [0.717, 1.165) is 11.1 Å². The topological polar surface area (TPSA) is 94.3 Å². The van der Waals surface area contributed by atoms with E-state index in [4.69, 9.17) is 9.15 Å². The molecule has 1 atom stereocenters. The zero-order valence-electron chi connectivity index (χ0n) is 16.9. The number of nitrogens with zero attached hydrogens (tertiary/aromatic N) is 2. The minimum atomic E-state index is -1.03. The summed E-state index contributed by atoms with van der Waals surface area (Å²) < 4.78 is 24.3. The molecule has 0 aliphatic rings. The number of hydrogen-bond donors (Lipinski definition) is 1. The maximum atomic E-state index is 13.6. The third kappa shape index (κ3) is 5.50. The minimum Gasteiger partial charge on any atom is -0.453 e. The number of amides is 1. The number of rotatable bonds is 7. The van der Waals surface area contributed by atoms with Crippen molar-refractivity contribution in [3.05, 3.63) is 65.3 Å². The van der Waals surface area contributed by atoms with Gasteiger partial charge in [-0.2, -0.15) is 0 Å². The Morgan fingerprint density at radius 1 is 1.13 bits per heavy atom. The Hall–Kier alpha value is -3.55. The van der Waals surface area contributed by atoms with Crippen LogP contribution in [-0.4, -0.2) is 28.2 Å². The predicted molar refractivity (Wildman–Crippen MR) is 108 cm³/mol. The van der Waals surface area contributed by atoms with Gasteiger partial charge in [-0.1, -0.05) is 23.8 Å². The fourth-order valence-electron chi connectivity index (χ4n) is 2.60. The zero-order chi connectivity index (χ0) is 21.7. The summed E-state index contributed by atoms with van der Waals surface area (Å²) in [4.78, 5) is 24.2. The third-order valence-corrected chi connectivity index (χ3v) is 4.43. The maximum Gasteiger partial charge on any atom is 0.307 e. The van der Waals surface area contributed by atoms with Gasteiger partial charge >= 0.3 is 5.97 Å². The van der Waals surface area contributed by atoms with Crippen molar-refractivity contribution in [2.45, 2.75) is 39.7 Å². The van der Waals surface area contributed by atoms with Gasteiger partial charge in [-0.25, -0.2) is 4.39 Å². The Bertz CT molecular complexity index is 1050. The summed E-state index contributed by atoms with van der Waals surface area (Å²) in [7, 11) is 0. The SMILES string of the molecule is Cc1ccc(-c2nnc(CCC(=O)OC(C)C(=O)Nc3ccc(C)c(F)c3)o2)cc1. The van der Waals surface area contributed by atoms with Crippen molar-refractivity contribution in [3.63, 3.8) is 0 Å². The summed E-state index contributed by atoms with van der Waals surface area (Å²) in [5, 5.41) is 10.4. The molecule has 0 saturated heterocycles. The van der Waals surface area contributed by atoms with Crippen LogP contribution in [0.15, 0.2) is 46.9 Å². The van der Waals surface area contributed by atoms with E-state index >= 15 is 0 Å². The van der Waals surface area contributed by atoms with Crippen molar-refractivity contribution >= 4 is 17.6 Å². The van der Waals surface area contributed by atoms with E-state index in [0.29, 0.717) is 23.0 Å². The van der Waals surface area contributed by atoms with Gasteiger partial charge in [-0.05, 0) is 50.6 Å². The van der Waals surface area contributed by atoms with Gasteiger partial charge in [0, 0.05) is 17.7 Å². The van der Waals surface area contributed by atoms with Gasteiger partial charge in [0.05, 0.1) is 6.42 Å². The highest BCUT2D eigenvalue weighted by Gasteiger charge is 2.19.